The lowest BCUT2D eigenvalue weighted by molar-refractivity contribution is 0.208. The molecule has 1 saturated heterocycles. The topological polar surface area (TPSA) is 49.3 Å². The summed E-state index contributed by atoms with van der Waals surface area (Å²) in [7, 11) is 1.87. The smallest absolute Gasteiger partial charge is 0.322 e. The van der Waals surface area contributed by atoms with Crippen molar-refractivity contribution in [3.05, 3.63) is 42.6 Å². The van der Waals surface area contributed by atoms with E-state index in [0.717, 1.165) is 24.8 Å². The molecule has 0 bridgehead atoms. The summed E-state index contributed by atoms with van der Waals surface area (Å²) in [6.45, 7) is 0. The fraction of sp³-hybridized carbons (Fsp3) is 0.389. The number of aromatic nitrogens is 2. The van der Waals surface area contributed by atoms with Gasteiger partial charge >= 0.3 is 6.03 Å². The van der Waals surface area contributed by atoms with E-state index in [2.05, 4.69) is 9.97 Å². The fourth-order valence-corrected chi connectivity index (χ4v) is 3.84. The number of amides is 2. The second-order valence-corrected chi connectivity index (χ2v) is 6.48. The van der Waals surface area contributed by atoms with Crippen LogP contribution in [0.25, 0.3) is 11.1 Å². The third kappa shape index (κ3) is 2.42. The molecule has 24 heavy (non-hydrogen) atoms. The summed E-state index contributed by atoms with van der Waals surface area (Å²) in [6, 6.07) is 5.62. The number of carbonyl (C=O) groups excluding carboxylic acids is 1. The molecule has 124 valence electrons. The average Bonchev–Trinajstić information content (AvgIpc) is 2.87. The van der Waals surface area contributed by atoms with Crippen molar-refractivity contribution in [2.45, 2.75) is 37.8 Å². The van der Waals surface area contributed by atoms with E-state index in [4.69, 9.17) is 0 Å². The Morgan fingerprint density at radius 1 is 1.08 bits per heavy atom. The lowest BCUT2D eigenvalue weighted by Gasteiger charge is -2.30. The van der Waals surface area contributed by atoms with E-state index >= 15 is 0 Å². The van der Waals surface area contributed by atoms with Crippen LogP contribution in [0.2, 0.25) is 0 Å². The molecule has 0 N–H and O–H groups in total. The molecule has 2 aliphatic rings. The van der Waals surface area contributed by atoms with E-state index in [9.17, 15) is 9.18 Å². The summed E-state index contributed by atoms with van der Waals surface area (Å²) in [5.41, 5.74) is 1.46. The molecule has 2 amide bonds. The summed E-state index contributed by atoms with van der Waals surface area (Å²) < 4.78 is 13.3. The van der Waals surface area contributed by atoms with Crippen LogP contribution in [0.4, 0.5) is 15.0 Å². The highest BCUT2D eigenvalue weighted by Gasteiger charge is 2.45. The van der Waals surface area contributed by atoms with Crippen LogP contribution in [-0.2, 0) is 0 Å². The zero-order chi connectivity index (χ0) is 16.7. The van der Waals surface area contributed by atoms with Crippen molar-refractivity contribution in [2.24, 2.45) is 0 Å². The maximum atomic E-state index is 13.3. The van der Waals surface area contributed by atoms with Crippen LogP contribution in [0, 0.1) is 5.82 Å². The third-order valence-corrected chi connectivity index (χ3v) is 5.06. The maximum Gasteiger partial charge on any atom is 0.326 e. The number of carbonyl (C=O) groups is 1. The molecule has 4 rings (SSSR count). The number of likely N-dealkylation sites (N-methyl/N-ethyl adjacent to an activating group) is 1. The van der Waals surface area contributed by atoms with E-state index in [1.807, 2.05) is 29.0 Å². The van der Waals surface area contributed by atoms with Gasteiger partial charge in [-0.15, -0.1) is 0 Å². The van der Waals surface area contributed by atoms with E-state index in [-0.39, 0.29) is 23.9 Å². The Morgan fingerprint density at radius 3 is 2.58 bits per heavy atom. The van der Waals surface area contributed by atoms with Gasteiger partial charge in [0.2, 0.25) is 0 Å². The first-order valence-electron chi connectivity index (χ1n) is 8.28. The van der Waals surface area contributed by atoms with Crippen molar-refractivity contribution < 1.29 is 9.18 Å². The van der Waals surface area contributed by atoms with Gasteiger partial charge in [-0.3, -0.25) is 9.88 Å². The van der Waals surface area contributed by atoms with Crippen molar-refractivity contribution in [3.8, 4) is 11.1 Å². The minimum atomic E-state index is -0.377. The number of urea groups is 1. The molecule has 2 aromatic heterocycles. The molecule has 5 nitrogen and oxygen atoms in total. The van der Waals surface area contributed by atoms with E-state index in [1.165, 1.54) is 18.7 Å². The Kier molecular flexibility index (Phi) is 3.67. The SMILES string of the molecule is CN1C(=O)N(c2ccc(-c3cncc(F)c3)cn2)C2CCCCC21. The molecule has 0 spiro atoms. The van der Waals surface area contributed by atoms with Crippen LogP contribution < -0.4 is 4.90 Å². The molecular formula is C18H19FN4O. The lowest BCUT2D eigenvalue weighted by Crippen LogP contribution is -2.39. The van der Waals surface area contributed by atoms with E-state index in [1.54, 1.807) is 12.4 Å². The van der Waals surface area contributed by atoms with Crippen LogP contribution in [0.3, 0.4) is 0 Å². The van der Waals surface area contributed by atoms with Crippen molar-refractivity contribution in [1.29, 1.82) is 0 Å². The standard InChI is InChI=1S/C18H19FN4O/c1-22-15-4-2-3-5-16(15)23(18(22)24)17-7-6-12(10-21-17)13-8-14(19)11-20-9-13/h6-11,15-16H,2-5H2,1H3. The van der Waals surface area contributed by atoms with Gasteiger partial charge in [0.25, 0.3) is 0 Å². The Bertz CT molecular complexity index is 764. The molecule has 2 fully saturated rings. The Labute approximate surface area is 140 Å². The van der Waals surface area contributed by atoms with Crippen molar-refractivity contribution in [2.75, 3.05) is 11.9 Å². The second-order valence-electron chi connectivity index (χ2n) is 6.48. The van der Waals surface area contributed by atoms with Gasteiger partial charge < -0.3 is 4.90 Å². The number of anilines is 1. The number of nitrogens with zero attached hydrogens (tertiary/aromatic N) is 4. The van der Waals surface area contributed by atoms with Crippen LogP contribution in [0.1, 0.15) is 25.7 Å². The van der Waals surface area contributed by atoms with Gasteiger partial charge in [-0.1, -0.05) is 12.8 Å². The van der Waals surface area contributed by atoms with E-state index < -0.39 is 0 Å². The molecule has 6 heteroatoms. The molecule has 0 radical (unpaired) electrons. The quantitative estimate of drug-likeness (QED) is 0.849. The molecule has 2 unspecified atom stereocenters. The van der Waals surface area contributed by atoms with Gasteiger partial charge in [0.05, 0.1) is 18.3 Å². The molecule has 1 saturated carbocycles. The highest BCUT2D eigenvalue weighted by Crippen LogP contribution is 2.36. The second kappa shape index (κ2) is 5.85. The molecule has 1 aliphatic heterocycles. The highest BCUT2D eigenvalue weighted by atomic mass is 19.1. The zero-order valence-electron chi connectivity index (χ0n) is 13.5. The van der Waals surface area contributed by atoms with Crippen LogP contribution in [0.5, 0.6) is 0 Å². The minimum Gasteiger partial charge on any atom is -0.322 e. The molecule has 2 atom stereocenters. The summed E-state index contributed by atoms with van der Waals surface area (Å²) >= 11 is 0. The molecule has 2 aromatic rings. The lowest BCUT2D eigenvalue weighted by atomic mass is 9.90. The van der Waals surface area contributed by atoms with Crippen molar-refractivity contribution in [3.63, 3.8) is 0 Å². The predicted molar refractivity (Wildman–Crippen MR) is 89.1 cm³/mol. The maximum absolute atomic E-state index is 13.3. The Hall–Kier alpha value is -2.50. The normalized spacial score (nSPS) is 23.5. The highest BCUT2D eigenvalue weighted by molar-refractivity contribution is 5.94. The summed E-state index contributed by atoms with van der Waals surface area (Å²) in [4.78, 5) is 24.6. The van der Waals surface area contributed by atoms with Crippen LogP contribution in [-0.4, -0.2) is 40.0 Å². The summed E-state index contributed by atoms with van der Waals surface area (Å²) in [5, 5.41) is 0. The Balaban J connectivity index is 1.64. The monoisotopic (exact) mass is 326 g/mol. The molecule has 0 aromatic carbocycles. The Morgan fingerprint density at radius 2 is 1.88 bits per heavy atom. The largest absolute Gasteiger partial charge is 0.326 e. The van der Waals surface area contributed by atoms with Crippen molar-refractivity contribution >= 4 is 11.8 Å². The zero-order valence-corrected chi connectivity index (χ0v) is 13.5. The average molecular weight is 326 g/mol. The van der Waals surface area contributed by atoms with Crippen LogP contribution >= 0.6 is 0 Å². The number of halogens is 1. The predicted octanol–water partition coefficient (Wildman–Crippen LogP) is 3.47. The molecular weight excluding hydrogens is 307 g/mol. The molecule has 1 aliphatic carbocycles. The number of hydrogen-bond donors (Lipinski definition) is 0. The van der Waals surface area contributed by atoms with Gasteiger partial charge in [0.15, 0.2) is 0 Å². The minimum absolute atomic E-state index is 0.0135. The van der Waals surface area contributed by atoms with Crippen LogP contribution in [0.15, 0.2) is 36.8 Å². The first-order valence-corrected chi connectivity index (χ1v) is 8.28. The van der Waals surface area contributed by atoms with Crippen molar-refractivity contribution in [1.82, 2.24) is 14.9 Å². The number of fused-ring (bicyclic) bond motifs is 1. The number of hydrogen-bond acceptors (Lipinski definition) is 3. The third-order valence-electron chi connectivity index (χ3n) is 5.06. The van der Waals surface area contributed by atoms with Gasteiger partial charge in [-0.2, -0.15) is 0 Å². The summed E-state index contributed by atoms with van der Waals surface area (Å²) in [6.07, 6.45) is 8.83. The van der Waals surface area contributed by atoms with Gasteiger partial charge in [-0.25, -0.2) is 14.2 Å². The molecule has 3 heterocycles. The summed E-state index contributed by atoms with van der Waals surface area (Å²) in [5.74, 6) is 0.285. The number of rotatable bonds is 2. The first kappa shape index (κ1) is 15.1. The van der Waals surface area contributed by atoms with Gasteiger partial charge in [0, 0.05) is 30.6 Å². The first-order chi connectivity index (χ1) is 11.6. The van der Waals surface area contributed by atoms with E-state index in [0.29, 0.717) is 11.4 Å². The number of pyridine rings is 2. The van der Waals surface area contributed by atoms with Gasteiger partial charge in [0.1, 0.15) is 11.6 Å². The fourth-order valence-electron chi connectivity index (χ4n) is 3.84. The van der Waals surface area contributed by atoms with Gasteiger partial charge in [-0.05, 0) is 31.0 Å².